The van der Waals surface area contributed by atoms with E-state index in [0.717, 1.165) is 18.1 Å². The van der Waals surface area contributed by atoms with Crippen molar-refractivity contribution in [2.45, 2.75) is 40.7 Å². The Morgan fingerprint density at radius 1 is 1.22 bits per heavy atom. The van der Waals surface area contributed by atoms with Crippen molar-refractivity contribution in [3.63, 3.8) is 0 Å². The molecule has 2 heterocycles. The van der Waals surface area contributed by atoms with Gasteiger partial charge in [-0.3, -0.25) is 0 Å². The number of thiophene rings is 1. The summed E-state index contributed by atoms with van der Waals surface area (Å²) in [5.41, 5.74) is 3.90. The Bertz CT molecular complexity index is 539. The van der Waals surface area contributed by atoms with Gasteiger partial charge in [-0.1, -0.05) is 6.92 Å². The van der Waals surface area contributed by atoms with Crippen molar-refractivity contribution in [3.05, 3.63) is 44.5 Å². The van der Waals surface area contributed by atoms with E-state index in [1.807, 2.05) is 6.92 Å². The molecule has 1 atom stereocenters. The SMILES string of the molecule is CCNC(c1csc(C)c1)c1c(C)oc(C)c1C. The van der Waals surface area contributed by atoms with E-state index in [1.165, 1.54) is 21.6 Å². The van der Waals surface area contributed by atoms with Gasteiger partial charge in [0.05, 0.1) is 6.04 Å². The molecule has 0 fully saturated rings. The maximum atomic E-state index is 5.76. The van der Waals surface area contributed by atoms with Crippen molar-refractivity contribution in [1.82, 2.24) is 5.32 Å². The van der Waals surface area contributed by atoms with Gasteiger partial charge in [0, 0.05) is 10.4 Å². The van der Waals surface area contributed by atoms with Gasteiger partial charge in [0.25, 0.3) is 0 Å². The van der Waals surface area contributed by atoms with Gasteiger partial charge in [-0.2, -0.15) is 0 Å². The number of furan rings is 1. The molecule has 2 rings (SSSR count). The fraction of sp³-hybridized carbons (Fsp3) is 0.467. The topological polar surface area (TPSA) is 25.2 Å². The van der Waals surface area contributed by atoms with Gasteiger partial charge in [0.15, 0.2) is 0 Å². The Morgan fingerprint density at radius 2 is 1.94 bits per heavy atom. The third-order valence-electron chi connectivity index (χ3n) is 3.40. The molecule has 0 saturated heterocycles. The second-order valence-electron chi connectivity index (χ2n) is 4.73. The van der Waals surface area contributed by atoms with Crippen LogP contribution in [0.2, 0.25) is 0 Å². The molecule has 0 aliphatic heterocycles. The summed E-state index contributed by atoms with van der Waals surface area (Å²) >= 11 is 1.80. The molecule has 0 aliphatic rings. The molecule has 1 unspecified atom stereocenters. The van der Waals surface area contributed by atoms with Crippen molar-refractivity contribution < 1.29 is 4.42 Å². The number of hydrogen-bond acceptors (Lipinski definition) is 3. The maximum Gasteiger partial charge on any atom is 0.106 e. The highest BCUT2D eigenvalue weighted by Gasteiger charge is 2.22. The van der Waals surface area contributed by atoms with Crippen LogP contribution in [0.15, 0.2) is 15.9 Å². The number of rotatable bonds is 4. The summed E-state index contributed by atoms with van der Waals surface area (Å²) in [6.07, 6.45) is 0. The highest BCUT2D eigenvalue weighted by atomic mass is 32.1. The number of aryl methyl sites for hydroxylation is 3. The average Bonchev–Trinajstić information content (AvgIpc) is 2.83. The normalized spacial score (nSPS) is 12.9. The zero-order valence-electron chi connectivity index (χ0n) is 11.8. The molecule has 0 aromatic carbocycles. The lowest BCUT2D eigenvalue weighted by molar-refractivity contribution is 0.494. The van der Waals surface area contributed by atoms with Crippen LogP contribution in [0.4, 0.5) is 0 Å². The molecule has 98 valence electrons. The molecule has 2 aromatic heterocycles. The Labute approximate surface area is 113 Å². The largest absolute Gasteiger partial charge is 0.466 e. The van der Waals surface area contributed by atoms with Crippen molar-refractivity contribution >= 4 is 11.3 Å². The molecule has 0 bridgehead atoms. The van der Waals surface area contributed by atoms with E-state index in [-0.39, 0.29) is 6.04 Å². The second kappa shape index (κ2) is 5.29. The van der Waals surface area contributed by atoms with Crippen molar-refractivity contribution in [2.24, 2.45) is 0 Å². The van der Waals surface area contributed by atoms with Gasteiger partial charge in [-0.15, -0.1) is 11.3 Å². The first kappa shape index (κ1) is 13.4. The molecule has 3 heteroatoms. The van der Waals surface area contributed by atoms with E-state index in [9.17, 15) is 0 Å². The first-order valence-corrected chi connectivity index (χ1v) is 7.27. The Morgan fingerprint density at radius 3 is 2.39 bits per heavy atom. The van der Waals surface area contributed by atoms with E-state index in [2.05, 4.69) is 44.5 Å². The molecule has 0 aliphatic carbocycles. The number of hydrogen-bond donors (Lipinski definition) is 1. The van der Waals surface area contributed by atoms with Gasteiger partial charge in [-0.25, -0.2) is 0 Å². The van der Waals surface area contributed by atoms with Crippen LogP contribution >= 0.6 is 11.3 Å². The van der Waals surface area contributed by atoms with Gasteiger partial charge < -0.3 is 9.73 Å². The summed E-state index contributed by atoms with van der Waals surface area (Å²) in [6.45, 7) is 11.5. The zero-order chi connectivity index (χ0) is 13.3. The lowest BCUT2D eigenvalue weighted by Gasteiger charge is -2.17. The average molecular weight is 263 g/mol. The summed E-state index contributed by atoms with van der Waals surface area (Å²) in [7, 11) is 0. The standard InChI is InChI=1S/C15H21NOS/c1-6-16-15(13-7-9(2)18-8-13)14-10(3)11(4)17-12(14)5/h7-8,15-16H,6H2,1-5H3. The highest BCUT2D eigenvalue weighted by Crippen LogP contribution is 2.33. The summed E-state index contributed by atoms with van der Waals surface area (Å²) in [6, 6.07) is 2.51. The first-order chi connectivity index (χ1) is 8.54. The summed E-state index contributed by atoms with van der Waals surface area (Å²) in [5.74, 6) is 2.05. The molecular formula is C15H21NOS. The summed E-state index contributed by atoms with van der Waals surface area (Å²) in [4.78, 5) is 1.35. The van der Waals surface area contributed by atoms with Crippen molar-refractivity contribution in [3.8, 4) is 0 Å². The van der Waals surface area contributed by atoms with Crippen LogP contribution in [0.1, 0.15) is 46.1 Å². The van der Waals surface area contributed by atoms with Crippen molar-refractivity contribution in [1.29, 1.82) is 0 Å². The quantitative estimate of drug-likeness (QED) is 0.891. The molecule has 0 amide bonds. The van der Waals surface area contributed by atoms with Crippen LogP contribution in [0, 0.1) is 27.7 Å². The molecule has 1 N–H and O–H groups in total. The van der Waals surface area contributed by atoms with Crippen LogP contribution in [0.3, 0.4) is 0 Å². The molecule has 0 spiro atoms. The first-order valence-electron chi connectivity index (χ1n) is 6.39. The fourth-order valence-corrected chi connectivity index (χ4v) is 3.17. The highest BCUT2D eigenvalue weighted by molar-refractivity contribution is 7.10. The molecule has 2 aromatic rings. The number of nitrogens with one attached hydrogen (secondary N) is 1. The van der Waals surface area contributed by atoms with E-state index >= 15 is 0 Å². The van der Waals surface area contributed by atoms with Crippen LogP contribution in [0.5, 0.6) is 0 Å². The van der Waals surface area contributed by atoms with Crippen LogP contribution in [-0.4, -0.2) is 6.54 Å². The minimum absolute atomic E-state index is 0.248. The second-order valence-corrected chi connectivity index (χ2v) is 5.85. The summed E-state index contributed by atoms with van der Waals surface area (Å²) < 4.78 is 5.76. The van der Waals surface area contributed by atoms with Crippen molar-refractivity contribution in [2.75, 3.05) is 6.54 Å². The Hall–Kier alpha value is -1.06. The van der Waals surface area contributed by atoms with Crippen LogP contribution < -0.4 is 5.32 Å². The predicted molar refractivity (Wildman–Crippen MR) is 77.5 cm³/mol. The van der Waals surface area contributed by atoms with E-state index in [1.54, 1.807) is 11.3 Å². The third-order valence-corrected chi connectivity index (χ3v) is 4.28. The minimum atomic E-state index is 0.248. The molecule has 0 saturated carbocycles. The molecule has 0 radical (unpaired) electrons. The van der Waals surface area contributed by atoms with Gasteiger partial charge in [-0.05, 0) is 56.8 Å². The lowest BCUT2D eigenvalue weighted by atomic mass is 9.97. The predicted octanol–water partition coefficient (Wildman–Crippen LogP) is 4.27. The van der Waals surface area contributed by atoms with Crippen LogP contribution in [-0.2, 0) is 0 Å². The monoisotopic (exact) mass is 263 g/mol. The van der Waals surface area contributed by atoms with E-state index < -0.39 is 0 Å². The maximum absolute atomic E-state index is 5.76. The lowest BCUT2D eigenvalue weighted by Crippen LogP contribution is -2.22. The van der Waals surface area contributed by atoms with Gasteiger partial charge in [0.2, 0.25) is 0 Å². The minimum Gasteiger partial charge on any atom is -0.466 e. The van der Waals surface area contributed by atoms with Crippen LogP contribution in [0.25, 0.3) is 0 Å². The Kier molecular flexibility index (Phi) is 3.93. The molecule has 18 heavy (non-hydrogen) atoms. The Balaban J connectivity index is 2.47. The summed E-state index contributed by atoms with van der Waals surface area (Å²) in [5, 5.41) is 5.81. The van der Waals surface area contributed by atoms with E-state index in [4.69, 9.17) is 4.42 Å². The smallest absolute Gasteiger partial charge is 0.106 e. The van der Waals surface area contributed by atoms with E-state index in [0.29, 0.717) is 0 Å². The van der Waals surface area contributed by atoms with Gasteiger partial charge >= 0.3 is 0 Å². The fourth-order valence-electron chi connectivity index (χ4n) is 2.44. The zero-order valence-corrected chi connectivity index (χ0v) is 12.6. The molecule has 2 nitrogen and oxygen atoms in total. The molecular weight excluding hydrogens is 242 g/mol. The van der Waals surface area contributed by atoms with Gasteiger partial charge in [0.1, 0.15) is 11.5 Å². The third kappa shape index (κ3) is 2.38.